The van der Waals surface area contributed by atoms with Crippen molar-refractivity contribution < 1.29 is 45.7 Å². The number of fused-ring (bicyclic) bond motifs is 1. The Morgan fingerprint density at radius 1 is 1.22 bits per heavy atom. The van der Waals surface area contributed by atoms with Crippen LogP contribution >= 0.6 is 0 Å². The van der Waals surface area contributed by atoms with Gasteiger partial charge in [0.15, 0.2) is 11.5 Å². The molecule has 0 radical (unpaired) electrons. The second kappa shape index (κ2) is 9.39. The van der Waals surface area contributed by atoms with E-state index in [0.29, 0.717) is 11.3 Å². The predicted molar refractivity (Wildman–Crippen MR) is 118 cm³/mol. The lowest BCUT2D eigenvalue weighted by Gasteiger charge is -2.41. The summed E-state index contributed by atoms with van der Waals surface area (Å²) < 4.78 is 88.3. The molecule has 0 spiro atoms. The number of hydrogen-bond donors (Lipinski definition) is 0. The molecule has 1 aromatic carbocycles. The number of nitrogens with zero attached hydrogens (tertiary/aromatic N) is 2. The first-order valence-corrected chi connectivity index (χ1v) is 11.8. The highest BCUT2D eigenvalue weighted by molar-refractivity contribution is 5.95. The highest BCUT2D eigenvalue weighted by Crippen LogP contribution is 2.50. The number of rotatable bonds is 7. The smallest absolute Gasteiger partial charge is 0.416 e. The van der Waals surface area contributed by atoms with Crippen molar-refractivity contribution in [1.82, 2.24) is 9.88 Å². The van der Waals surface area contributed by atoms with Crippen LogP contribution in [-0.4, -0.2) is 61.4 Å². The molecule has 1 saturated carbocycles. The summed E-state index contributed by atoms with van der Waals surface area (Å²) in [4.78, 5) is 18.9. The van der Waals surface area contributed by atoms with Crippen molar-refractivity contribution in [3.8, 4) is 11.5 Å². The summed E-state index contributed by atoms with van der Waals surface area (Å²) in [6, 6.07) is 6.46. The van der Waals surface area contributed by atoms with Crippen LogP contribution in [0.15, 0.2) is 36.5 Å². The van der Waals surface area contributed by atoms with E-state index in [1.54, 1.807) is 12.1 Å². The molecule has 5 rings (SSSR count). The number of carbonyl (C=O) groups is 1. The van der Waals surface area contributed by atoms with Gasteiger partial charge < -0.3 is 23.8 Å². The molecule has 3 aliphatic rings. The summed E-state index contributed by atoms with van der Waals surface area (Å²) in [5, 5.41) is 0. The van der Waals surface area contributed by atoms with E-state index >= 15 is 0 Å². The third kappa shape index (κ3) is 4.96. The minimum atomic E-state index is -4.53. The summed E-state index contributed by atoms with van der Waals surface area (Å²) >= 11 is 0. The second-order valence-electron chi connectivity index (χ2n) is 9.40. The molecule has 2 aromatic rings. The van der Waals surface area contributed by atoms with Gasteiger partial charge in [0.1, 0.15) is 18.5 Å². The Morgan fingerprint density at radius 2 is 2.00 bits per heavy atom. The first-order chi connectivity index (χ1) is 17.5. The van der Waals surface area contributed by atoms with Crippen molar-refractivity contribution in [2.75, 3.05) is 33.6 Å². The SMILES string of the molecule is COc1cc(C(=O)N2CC[C@]3(c4cc(C(F)(F)F)ccn4)OCO[C@@H]3C2)ccc1OCCC1CC1(F)F. The van der Waals surface area contributed by atoms with Gasteiger partial charge in [-0.1, -0.05) is 0 Å². The lowest BCUT2D eigenvalue weighted by Crippen LogP contribution is -2.54. The Kier molecular flexibility index (Phi) is 6.51. The van der Waals surface area contributed by atoms with E-state index in [4.69, 9.17) is 18.9 Å². The predicted octanol–water partition coefficient (Wildman–Crippen LogP) is 4.65. The zero-order chi connectivity index (χ0) is 26.4. The number of aromatic nitrogens is 1. The molecule has 0 N–H and O–H groups in total. The van der Waals surface area contributed by atoms with E-state index in [0.717, 1.165) is 18.3 Å². The van der Waals surface area contributed by atoms with Gasteiger partial charge in [0.05, 0.1) is 31.5 Å². The third-order valence-electron chi connectivity index (χ3n) is 7.14. The van der Waals surface area contributed by atoms with Crippen LogP contribution in [0.5, 0.6) is 11.5 Å². The van der Waals surface area contributed by atoms with Crippen LogP contribution in [0.25, 0.3) is 0 Å². The molecular weight excluding hydrogens is 503 g/mol. The minimum absolute atomic E-state index is 0.0902. The van der Waals surface area contributed by atoms with Crippen LogP contribution in [0.3, 0.4) is 0 Å². The maximum absolute atomic E-state index is 13.3. The number of alkyl halides is 5. The van der Waals surface area contributed by atoms with E-state index in [9.17, 15) is 26.7 Å². The topological polar surface area (TPSA) is 70.1 Å². The van der Waals surface area contributed by atoms with Gasteiger partial charge in [-0.3, -0.25) is 9.78 Å². The van der Waals surface area contributed by atoms with Crippen molar-refractivity contribution in [3.63, 3.8) is 0 Å². The summed E-state index contributed by atoms with van der Waals surface area (Å²) in [5.41, 5.74) is -1.60. The Hall–Kier alpha value is -2.99. The molecule has 37 heavy (non-hydrogen) atoms. The van der Waals surface area contributed by atoms with E-state index in [-0.39, 0.29) is 63.1 Å². The zero-order valence-corrected chi connectivity index (χ0v) is 19.9. The average Bonchev–Trinajstić information content (AvgIpc) is 3.27. The minimum Gasteiger partial charge on any atom is -0.493 e. The molecule has 2 aliphatic heterocycles. The fourth-order valence-electron chi connectivity index (χ4n) is 4.86. The number of hydrogen-bond acceptors (Lipinski definition) is 6. The molecule has 3 atom stereocenters. The van der Waals surface area contributed by atoms with E-state index < -0.39 is 35.3 Å². The average molecular weight is 528 g/mol. The normalized spacial score (nSPS) is 26.5. The van der Waals surface area contributed by atoms with Crippen molar-refractivity contribution >= 4 is 5.91 Å². The molecule has 200 valence electrons. The maximum Gasteiger partial charge on any atom is 0.416 e. The number of carbonyl (C=O) groups excluding carboxylic acids is 1. The van der Waals surface area contributed by atoms with Crippen LogP contribution in [0, 0.1) is 5.92 Å². The number of benzene rings is 1. The molecule has 3 heterocycles. The molecule has 1 aliphatic carbocycles. The number of pyridine rings is 1. The molecule has 3 fully saturated rings. The molecule has 12 heteroatoms. The van der Waals surface area contributed by atoms with Gasteiger partial charge in [-0.2, -0.15) is 13.2 Å². The number of methoxy groups -OCH3 is 1. The van der Waals surface area contributed by atoms with Crippen molar-refractivity contribution in [1.29, 1.82) is 0 Å². The van der Waals surface area contributed by atoms with Crippen molar-refractivity contribution in [2.45, 2.75) is 43.1 Å². The second-order valence-corrected chi connectivity index (χ2v) is 9.40. The fourth-order valence-corrected chi connectivity index (χ4v) is 4.86. The summed E-state index contributed by atoms with van der Waals surface area (Å²) in [7, 11) is 1.41. The highest BCUT2D eigenvalue weighted by Gasteiger charge is 2.56. The molecule has 7 nitrogen and oxygen atoms in total. The van der Waals surface area contributed by atoms with E-state index in [1.165, 1.54) is 18.1 Å². The van der Waals surface area contributed by atoms with Gasteiger partial charge >= 0.3 is 6.18 Å². The lowest BCUT2D eigenvalue weighted by molar-refractivity contribution is -0.138. The number of likely N-dealkylation sites (tertiary alicyclic amines) is 1. The zero-order valence-electron chi connectivity index (χ0n) is 19.9. The summed E-state index contributed by atoms with van der Waals surface area (Å²) in [5.74, 6) is -2.99. The van der Waals surface area contributed by atoms with Crippen LogP contribution in [0.2, 0.25) is 0 Å². The van der Waals surface area contributed by atoms with Crippen LogP contribution in [-0.2, 0) is 21.3 Å². The number of ether oxygens (including phenoxy) is 4. The molecule has 1 unspecified atom stereocenters. The summed E-state index contributed by atoms with van der Waals surface area (Å²) in [6.07, 6.45) is -3.85. The largest absolute Gasteiger partial charge is 0.493 e. The Morgan fingerprint density at radius 3 is 2.70 bits per heavy atom. The first kappa shape index (κ1) is 25.7. The molecule has 2 saturated heterocycles. The highest BCUT2D eigenvalue weighted by atomic mass is 19.4. The van der Waals surface area contributed by atoms with Gasteiger partial charge in [-0.15, -0.1) is 0 Å². The van der Waals surface area contributed by atoms with Crippen LogP contribution < -0.4 is 9.47 Å². The van der Waals surface area contributed by atoms with Gasteiger partial charge in [0.2, 0.25) is 0 Å². The van der Waals surface area contributed by atoms with Crippen LogP contribution in [0.4, 0.5) is 22.0 Å². The Balaban J connectivity index is 1.27. The first-order valence-electron chi connectivity index (χ1n) is 11.8. The summed E-state index contributed by atoms with van der Waals surface area (Å²) in [6.45, 7) is 0.262. The van der Waals surface area contributed by atoms with Gasteiger partial charge in [-0.25, -0.2) is 8.78 Å². The Labute approximate surface area is 209 Å². The van der Waals surface area contributed by atoms with Gasteiger partial charge in [-0.05, 0) is 36.8 Å². The standard InChI is InChI=1S/C25H25F5N2O5/c1-34-19-10-15(2-3-18(19)35-9-5-17-12-24(17,26)27)22(33)32-8-6-23(21(13-32)36-14-37-23)20-11-16(4-7-31-20)25(28,29)30/h2-4,7,10-11,17,21H,5-6,8-9,12-14H2,1H3/t17?,21-,23-/m1/s1. The Bertz CT molecular complexity index is 1180. The van der Waals surface area contributed by atoms with Gasteiger partial charge in [0, 0.05) is 37.1 Å². The third-order valence-corrected chi connectivity index (χ3v) is 7.14. The quantitative estimate of drug-likeness (QED) is 0.488. The molecule has 0 bridgehead atoms. The van der Waals surface area contributed by atoms with Gasteiger partial charge in [0.25, 0.3) is 11.8 Å². The molecule has 1 amide bonds. The number of amides is 1. The van der Waals surface area contributed by atoms with Crippen molar-refractivity contribution in [3.05, 3.63) is 53.3 Å². The number of halogens is 5. The van der Waals surface area contributed by atoms with Crippen LogP contribution in [0.1, 0.15) is 40.9 Å². The number of piperidine rings is 1. The van der Waals surface area contributed by atoms with E-state index in [2.05, 4.69) is 4.98 Å². The fraction of sp³-hybridized carbons (Fsp3) is 0.520. The molecule has 1 aromatic heterocycles. The molecular formula is C25H25F5N2O5. The van der Waals surface area contributed by atoms with Crippen molar-refractivity contribution in [2.24, 2.45) is 5.92 Å². The monoisotopic (exact) mass is 528 g/mol. The maximum atomic E-state index is 13.3. The lowest BCUT2D eigenvalue weighted by atomic mass is 9.84. The van der Waals surface area contributed by atoms with E-state index in [1.807, 2.05) is 0 Å².